The van der Waals surface area contributed by atoms with Crippen LogP contribution in [0.15, 0.2) is 134 Å². The van der Waals surface area contributed by atoms with Gasteiger partial charge in [0.15, 0.2) is 6.10 Å². The van der Waals surface area contributed by atoms with Crippen LogP contribution in [0, 0.1) is 0 Å². The molecule has 0 saturated heterocycles. The number of ether oxygens (including phenoxy) is 2. The fourth-order valence-electron chi connectivity index (χ4n) is 11.0. The highest BCUT2D eigenvalue weighted by Gasteiger charge is 2.22. The SMILES string of the molecule is CC/C=C\C/C=C\C/C=C\C/C=C\C/C=C\C/C=C\C/C=C\C/C=C\C/C=C\C/C=C\C/C=C\CCCCCCCCCC(=O)OC(COC(=O)CCCCCCCCCCCCCCCCCCCCCCCCCCCCCCCC)COP(=O)([O-])OCC[N+](C)(C)C. The molecule has 0 spiro atoms. The number of hydrogen-bond donors (Lipinski definition) is 0. The number of likely N-dealkylation sites (N-methyl/N-ethyl adjacent to an activating group) is 1. The van der Waals surface area contributed by atoms with Gasteiger partial charge in [-0.1, -0.05) is 366 Å². The summed E-state index contributed by atoms with van der Waals surface area (Å²) in [6, 6.07) is 0. The fraction of sp³-hybridized carbons (Fsp3) is 0.718. The number of phosphoric acid groups is 1. The highest BCUT2D eigenvalue weighted by Crippen LogP contribution is 2.38. The highest BCUT2D eigenvalue weighted by atomic mass is 31.2. The van der Waals surface area contributed by atoms with Crippen LogP contribution in [-0.2, 0) is 32.7 Å². The molecular formula is C85H148NO8P. The zero-order chi connectivity index (χ0) is 69.0. The lowest BCUT2D eigenvalue weighted by molar-refractivity contribution is -0.870. The molecule has 0 aliphatic rings. The molecule has 2 atom stereocenters. The van der Waals surface area contributed by atoms with Gasteiger partial charge in [0.2, 0.25) is 0 Å². The Hall–Kier alpha value is -3.85. The van der Waals surface area contributed by atoms with Crippen LogP contribution in [0.5, 0.6) is 0 Å². The first-order valence-electron chi connectivity index (χ1n) is 39.4. The number of rotatable bonds is 72. The predicted octanol–water partition coefficient (Wildman–Crippen LogP) is 25.7. The van der Waals surface area contributed by atoms with Crippen molar-refractivity contribution in [1.29, 1.82) is 0 Å². The average Bonchev–Trinajstić information content (AvgIpc) is 1.81. The minimum Gasteiger partial charge on any atom is -0.756 e. The van der Waals surface area contributed by atoms with E-state index in [1.54, 1.807) is 0 Å². The Morgan fingerprint density at radius 2 is 0.600 bits per heavy atom. The molecule has 0 amide bonds. The molecule has 95 heavy (non-hydrogen) atoms. The van der Waals surface area contributed by atoms with Crippen LogP contribution in [0.2, 0.25) is 0 Å². The van der Waals surface area contributed by atoms with Gasteiger partial charge in [-0.05, 0) is 96.3 Å². The maximum atomic E-state index is 12.9. The molecule has 0 rings (SSSR count). The second-order valence-corrected chi connectivity index (χ2v) is 28.8. The van der Waals surface area contributed by atoms with Crippen LogP contribution in [-0.4, -0.2) is 70.0 Å². The molecule has 0 saturated carbocycles. The molecule has 0 N–H and O–H groups in total. The van der Waals surface area contributed by atoms with Gasteiger partial charge in [-0.25, -0.2) is 0 Å². The summed E-state index contributed by atoms with van der Waals surface area (Å²) in [6.45, 7) is 4.15. The summed E-state index contributed by atoms with van der Waals surface area (Å²) in [5.74, 6) is -0.840. The smallest absolute Gasteiger partial charge is 0.306 e. The third kappa shape index (κ3) is 79.0. The molecule has 2 unspecified atom stereocenters. The maximum Gasteiger partial charge on any atom is 0.306 e. The van der Waals surface area contributed by atoms with Crippen molar-refractivity contribution in [2.24, 2.45) is 0 Å². The highest BCUT2D eigenvalue weighted by molar-refractivity contribution is 7.45. The number of esters is 2. The summed E-state index contributed by atoms with van der Waals surface area (Å²) in [6.07, 6.45) is 108. The second-order valence-electron chi connectivity index (χ2n) is 27.4. The molecule has 0 aromatic carbocycles. The van der Waals surface area contributed by atoms with Crippen LogP contribution >= 0.6 is 7.82 Å². The zero-order valence-corrected chi connectivity index (χ0v) is 63.2. The normalized spacial score (nSPS) is 13.8. The fourth-order valence-corrected chi connectivity index (χ4v) is 11.7. The Morgan fingerprint density at radius 1 is 0.337 bits per heavy atom. The number of hydrogen-bond acceptors (Lipinski definition) is 8. The van der Waals surface area contributed by atoms with E-state index in [1.165, 1.54) is 186 Å². The number of nitrogens with zero attached hydrogens (tertiary/aromatic N) is 1. The van der Waals surface area contributed by atoms with E-state index >= 15 is 0 Å². The lowest BCUT2D eigenvalue weighted by Crippen LogP contribution is -2.37. The van der Waals surface area contributed by atoms with Crippen molar-refractivity contribution in [3.8, 4) is 0 Å². The van der Waals surface area contributed by atoms with Gasteiger partial charge in [0.05, 0.1) is 27.7 Å². The van der Waals surface area contributed by atoms with Crippen molar-refractivity contribution in [3.63, 3.8) is 0 Å². The van der Waals surface area contributed by atoms with Crippen molar-refractivity contribution in [1.82, 2.24) is 0 Å². The van der Waals surface area contributed by atoms with Gasteiger partial charge >= 0.3 is 11.9 Å². The Bertz CT molecular complexity index is 2070. The van der Waals surface area contributed by atoms with Crippen molar-refractivity contribution in [2.75, 3.05) is 47.5 Å². The minimum absolute atomic E-state index is 0.0375. The van der Waals surface area contributed by atoms with Gasteiger partial charge in [-0.3, -0.25) is 14.2 Å². The van der Waals surface area contributed by atoms with Gasteiger partial charge in [0.25, 0.3) is 7.82 Å². The molecule has 546 valence electrons. The van der Waals surface area contributed by atoms with Crippen LogP contribution in [0.1, 0.15) is 341 Å². The minimum atomic E-state index is -4.66. The molecule has 0 aromatic heterocycles. The number of unbranched alkanes of at least 4 members (excludes halogenated alkanes) is 36. The molecular weight excluding hydrogens is 1190 g/mol. The molecule has 0 aliphatic heterocycles. The maximum absolute atomic E-state index is 12.9. The van der Waals surface area contributed by atoms with Crippen molar-refractivity contribution in [2.45, 2.75) is 347 Å². The van der Waals surface area contributed by atoms with Gasteiger partial charge < -0.3 is 27.9 Å². The number of quaternary nitrogens is 1. The van der Waals surface area contributed by atoms with Gasteiger partial charge in [-0.15, -0.1) is 0 Å². The first-order valence-corrected chi connectivity index (χ1v) is 40.9. The summed E-state index contributed by atoms with van der Waals surface area (Å²) < 4.78 is 34.4. The molecule has 0 bridgehead atoms. The van der Waals surface area contributed by atoms with Crippen molar-refractivity contribution < 1.29 is 42.1 Å². The van der Waals surface area contributed by atoms with Gasteiger partial charge in [-0.2, -0.15) is 0 Å². The molecule has 9 nitrogen and oxygen atoms in total. The summed E-state index contributed by atoms with van der Waals surface area (Å²) in [5.41, 5.74) is 0. The molecule has 10 heteroatoms. The van der Waals surface area contributed by atoms with E-state index in [0.29, 0.717) is 17.4 Å². The number of phosphoric ester groups is 1. The monoisotopic (exact) mass is 1340 g/mol. The molecule has 0 radical (unpaired) electrons. The number of carbonyl (C=O) groups excluding carboxylic acids is 2. The van der Waals surface area contributed by atoms with E-state index in [2.05, 4.69) is 148 Å². The topological polar surface area (TPSA) is 111 Å². The summed E-state index contributed by atoms with van der Waals surface area (Å²) in [5, 5.41) is 0. The quantitative estimate of drug-likeness (QED) is 0.0195. The van der Waals surface area contributed by atoms with Crippen LogP contribution in [0.4, 0.5) is 0 Å². The lowest BCUT2D eigenvalue weighted by atomic mass is 10.0. The van der Waals surface area contributed by atoms with Crippen molar-refractivity contribution >= 4 is 19.8 Å². The molecule has 0 fully saturated rings. The zero-order valence-electron chi connectivity index (χ0n) is 62.3. The van der Waals surface area contributed by atoms with E-state index in [1.807, 2.05) is 21.1 Å². The van der Waals surface area contributed by atoms with E-state index in [4.69, 9.17) is 18.5 Å². The van der Waals surface area contributed by atoms with Crippen molar-refractivity contribution in [3.05, 3.63) is 134 Å². The largest absolute Gasteiger partial charge is 0.756 e. The molecule has 0 heterocycles. The average molecular weight is 1340 g/mol. The van der Waals surface area contributed by atoms with Crippen LogP contribution in [0.3, 0.4) is 0 Å². The van der Waals surface area contributed by atoms with Gasteiger partial charge in [0.1, 0.15) is 19.8 Å². The van der Waals surface area contributed by atoms with E-state index in [0.717, 1.165) is 122 Å². The summed E-state index contributed by atoms with van der Waals surface area (Å²) >= 11 is 0. The Balaban J connectivity index is 4.06. The van der Waals surface area contributed by atoms with Crippen LogP contribution < -0.4 is 4.89 Å². The van der Waals surface area contributed by atoms with Gasteiger partial charge in [0, 0.05) is 12.8 Å². The first kappa shape index (κ1) is 91.2. The Kier molecular flexibility index (Phi) is 71.4. The predicted molar refractivity (Wildman–Crippen MR) is 411 cm³/mol. The summed E-state index contributed by atoms with van der Waals surface area (Å²) in [7, 11) is 1.16. The van der Waals surface area contributed by atoms with E-state index < -0.39 is 26.5 Å². The van der Waals surface area contributed by atoms with E-state index in [9.17, 15) is 19.0 Å². The standard InChI is InChI=1S/C85H148NO8P/c1-6-8-10-12-14-16-18-20-22-24-26-28-30-32-34-36-38-39-40-41-42-43-44-45-46-47-48-50-52-54-56-58-60-62-64-66-68-70-72-74-76-78-85(88)94-83(82-93-95(89,90)92-80-79-86(3,4)5)81-91-84(87)77-75-73-71-69-67-65-63-61-59-57-55-53-51-49-37-35-33-31-29-27-25-23-21-19-17-15-13-11-9-7-2/h8,10,14,16,20,22,26,28,32,34,38-39,41-42,44-45,47-48,52,54,58,60,83H,6-7,9,11-13,15,17-19,21,23-25,27,29-31,33,35-37,40,43,46,49-51,53,55-57,59,61-82H2,1-5H3/b10-8-,16-14-,22-20-,28-26-,34-32-,39-38-,42-41-,45-44-,48-47-,54-52-,60-58-. The Morgan fingerprint density at radius 3 is 0.895 bits per heavy atom. The van der Waals surface area contributed by atoms with E-state index in [-0.39, 0.29) is 32.0 Å². The number of allylic oxidation sites excluding steroid dienone is 22. The molecule has 0 aromatic rings. The lowest BCUT2D eigenvalue weighted by Gasteiger charge is -2.28. The third-order valence-corrected chi connectivity index (χ3v) is 17.9. The van der Waals surface area contributed by atoms with Crippen LogP contribution in [0.25, 0.3) is 0 Å². The molecule has 0 aliphatic carbocycles. The second kappa shape index (κ2) is 74.4. The number of carbonyl (C=O) groups is 2. The third-order valence-electron chi connectivity index (χ3n) is 16.9. The first-order chi connectivity index (χ1) is 46.5. The summed E-state index contributed by atoms with van der Waals surface area (Å²) in [4.78, 5) is 38.2. The Labute approximate surface area is 587 Å².